The first-order valence-electron chi connectivity index (χ1n) is 7.46. The van der Waals surface area contributed by atoms with Gasteiger partial charge in [0.2, 0.25) is 0 Å². The number of rotatable bonds is 4. The van der Waals surface area contributed by atoms with Gasteiger partial charge in [-0.1, -0.05) is 5.16 Å². The third-order valence-corrected chi connectivity index (χ3v) is 4.17. The van der Waals surface area contributed by atoms with Crippen molar-refractivity contribution in [1.29, 1.82) is 0 Å². The molecular formula is C15H23N5O. The van der Waals surface area contributed by atoms with E-state index in [0.29, 0.717) is 6.04 Å². The molecule has 2 aromatic rings. The number of nitrogens with zero attached hydrogens (tertiary/aromatic N) is 5. The molecule has 0 aromatic carbocycles. The molecule has 0 bridgehead atoms. The van der Waals surface area contributed by atoms with Crippen molar-refractivity contribution in [2.24, 2.45) is 7.05 Å². The molecule has 0 saturated carbocycles. The van der Waals surface area contributed by atoms with Gasteiger partial charge in [-0.25, -0.2) is 4.98 Å². The normalized spacial score (nSPS) is 21.0. The quantitative estimate of drug-likeness (QED) is 0.852. The summed E-state index contributed by atoms with van der Waals surface area (Å²) in [7, 11) is 2.05. The van der Waals surface area contributed by atoms with E-state index in [4.69, 9.17) is 4.52 Å². The molecule has 1 aliphatic rings. The molecule has 6 nitrogen and oxygen atoms in total. The standard InChI is InChI=1S/C15H23N5O/c1-12-8-14(21-17-12)10-19-6-7-20(13(2)9-19)11-15-16-4-5-18(15)3/h4-5,8,13H,6-7,9-11H2,1-3H3/t13-/m0/s1. The first kappa shape index (κ1) is 14.3. The lowest BCUT2D eigenvalue weighted by atomic mass is 10.2. The number of aryl methyl sites for hydroxylation is 2. The van der Waals surface area contributed by atoms with Crippen LogP contribution < -0.4 is 0 Å². The summed E-state index contributed by atoms with van der Waals surface area (Å²) in [6, 6.07) is 2.53. The summed E-state index contributed by atoms with van der Waals surface area (Å²) in [5.74, 6) is 2.08. The first-order chi connectivity index (χ1) is 10.1. The molecule has 1 saturated heterocycles. The minimum absolute atomic E-state index is 0.513. The molecule has 0 unspecified atom stereocenters. The van der Waals surface area contributed by atoms with Gasteiger partial charge < -0.3 is 9.09 Å². The van der Waals surface area contributed by atoms with Crippen molar-refractivity contribution in [3.05, 3.63) is 35.7 Å². The van der Waals surface area contributed by atoms with Gasteiger partial charge in [-0.15, -0.1) is 0 Å². The van der Waals surface area contributed by atoms with E-state index in [1.807, 2.05) is 25.4 Å². The highest BCUT2D eigenvalue weighted by Gasteiger charge is 2.25. The highest BCUT2D eigenvalue weighted by atomic mass is 16.5. The Morgan fingerprint density at radius 3 is 2.81 bits per heavy atom. The zero-order valence-corrected chi connectivity index (χ0v) is 13.0. The van der Waals surface area contributed by atoms with Crippen molar-refractivity contribution in [1.82, 2.24) is 24.5 Å². The van der Waals surface area contributed by atoms with E-state index in [1.54, 1.807) is 0 Å². The van der Waals surface area contributed by atoms with Crippen molar-refractivity contribution < 1.29 is 4.52 Å². The summed E-state index contributed by atoms with van der Waals surface area (Å²) in [5, 5.41) is 3.95. The Kier molecular flexibility index (Phi) is 4.07. The molecule has 0 aliphatic carbocycles. The maximum absolute atomic E-state index is 5.31. The Balaban J connectivity index is 1.55. The largest absolute Gasteiger partial charge is 0.360 e. The van der Waals surface area contributed by atoms with Crippen molar-refractivity contribution in [3.8, 4) is 0 Å². The fraction of sp³-hybridized carbons (Fsp3) is 0.600. The summed E-state index contributed by atoms with van der Waals surface area (Å²) in [5.41, 5.74) is 0.950. The molecule has 2 aromatic heterocycles. The molecule has 0 amide bonds. The van der Waals surface area contributed by atoms with Crippen LogP contribution in [0, 0.1) is 6.92 Å². The van der Waals surface area contributed by atoms with Gasteiger partial charge in [-0.2, -0.15) is 0 Å². The smallest absolute Gasteiger partial charge is 0.150 e. The van der Waals surface area contributed by atoms with E-state index in [-0.39, 0.29) is 0 Å². The van der Waals surface area contributed by atoms with Crippen LogP contribution in [0.25, 0.3) is 0 Å². The third-order valence-electron chi connectivity index (χ3n) is 4.17. The van der Waals surface area contributed by atoms with Crippen molar-refractivity contribution in [3.63, 3.8) is 0 Å². The van der Waals surface area contributed by atoms with Crippen molar-refractivity contribution in [2.75, 3.05) is 19.6 Å². The molecular weight excluding hydrogens is 266 g/mol. The molecule has 114 valence electrons. The Hall–Kier alpha value is -1.66. The zero-order valence-electron chi connectivity index (χ0n) is 13.0. The average molecular weight is 289 g/mol. The van der Waals surface area contributed by atoms with Gasteiger partial charge in [0.25, 0.3) is 0 Å². The van der Waals surface area contributed by atoms with Crippen LogP contribution in [0.4, 0.5) is 0 Å². The minimum Gasteiger partial charge on any atom is -0.360 e. The molecule has 21 heavy (non-hydrogen) atoms. The average Bonchev–Trinajstić information content (AvgIpc) is 3.02. The highest BCUT2D eigenvalue weighted by Crippen LogP contribution is 2.15. The van der Waals surface area contributed by atoms with Gasteiger partial charge in [-0.3, -0.25) is 9.80 Å². The summed E-state index contributed by atoms with van der Waals surface area (Å²) in [6.45, 7) is 9.16. The lowest BCUT2D eigenvalue weighted by Crippen LogP contribution is -2.51. The maximum Gasteiger partial charge on any atom is 0.150 e. The van der Waals surface area contributed by atoms with Crippen LogP contribution in [0.5, 0.6) is 0 Å². The second kappa shape index (κ2) is 5.99. The van der Waals surface area contributed by atoms with Gasteiger partial charge in [-0.05, 0) is 13.8 Å². The van der Waals surface area contributed by atoms with Crippen LogP contribution in [0.1, 0.15) is 24.2 Å². The van der Waals surface area contributed by atoms with Crippen molar-refractivity contribution >= 4 is 0 Å². The summed E-state index contributed by atoms with van der Waals surface area (Å²) in [6.07, 6.45) is 3.87. The Morgan fingerprint density at radius 2 is 2.19 bits per heavy atom. The van der Waals surface area contributed by atoms with Gasteiger partial charge >= 0.3 is 0 Å². The van der Waals surface area contributed by atoms with Crippen LogP contribution in [-0.2, 0) is 20.1 Å². The second-order valence-corrected chi connectivity index (χ2v) is 5.94. The Morgan fingerprint density at radius 1 is 1.33 bits per heavy atom. The maximum atomic E-state index is 5.31. The van der Waals surface area contributed by atoms with Crippen LogP contribution in [0.3, 0.4) is 0 Å². The molecule has 0 spiro atoms. The van der Waals surface area contributed by atoms with E-state index in [9.17, 15) is 0 Å². The second-order valence-electron chi connectivity index (χ2n) is 5.94. The summed E-state index contributed by atoms with van der Waals surface area (Å²) >= 11 is 0. The predicted molar refractivity (Wildman–Crippen MR) is 79.6 cm³/mol. The SMILES string of the molecule is Cc1cc(CN2CCN(Cc3nccn3C)[C@@H](C)C2)on1. The first-order valence-corrected chi connectivity index (χ1v) is 7.46. The Labute approximate surface area is 125 Å². The highest BCUT2D eigenvalue weighted by molar-refractivity contribution is 5.03. The van der Waals surface area contributed by atoms with Gasteiger partial charge in [0.15, 0.2) is 5.76 Å². The minimum atomic E-state index is 0.513. The lowest BCUT2D eigenvalue weighted by Gasteiger charge is -2.39. The molecule has 6 heteroatoms. The molecule has 0 N–H and O–H groups in total. The van der Waals surface area contributed by atoms with Crippen LogP contribution in [-0.4, -0.2) is 50.2 Å². The molecule has 1 aliphatic heterocycles. The number of hydrogen-bond acceptors (Lipinski definition) is 5. The fourth-order valence-electron chi connectivity index (χ4n) is 2.89. The number of hydrogen-bond donors (Lipinski definition) is 0. The van der Waals surface area contributed by atoms with Gasteiger partial charge in [0.05, 0.1) is 18.8 Å². The van der Waals surface area contributed by atoms with Crippen LogP contribution >= 0.6 is 0 Å². The summed E-state index contributed by atoms with van der Waals surface area (Å²) < 4.78 is 7.41. The predicted octanol–water partition coefficient (Wildman–Crippen LogP) is 1.42. The van der Waals surface area contributed by atoms with E-state index < -0.39 is 0 Å². The fourth-order valence-corrected chi connectivity index (χ4v) is 2.89. The van der Waals surface area contributed by atoms with Crippen molar-refractivity contribution in [2.45, 2.75) is 33.0 Å². The molecule has 3 rings (SSSR count). The van der Waals surface area contributed by atoms with E-state index >= 15 is 0 Å². The van der Waals surface area contributed by atoms with Crippen LogP contribution in [0.2, 0.25) is 0 Å². The van der Waals surface area contributed by atoms with E-state index in [0.717, 1.165) is 50.0 Å². The molecule has 3 heterocycles. The number of aromatic nitrogens is 3. The molecule has 1 atom stereocenters. The summed E-state index contributed by atoms with van der Waals surface area (Å²) in [4.78, 5) is 9.34. The van der Waals surface area contributed by atoms with E-state index in [2.05, 4.69) is 38.5 Å². The molecule has 0 radical (unpaired) electrons. The van der Waals surface area contributed by atoms with Gasteiger partial charge in [0, 0.05) is 51.2 Å². The zero-order chi connectivity index (χ0) is 14.8. The van der Waals surface area contributed by atoms with E-state index in [1.165, 1.54) is 0 Å². The topological polar surface area (TPSA) is 50.3 Å². The van der Waals surface area contributed by atoms with Crippen LogP contribution in [0.15, 0.2) is 23.0 Å². The monoisotopic (exact) mass is 289 g/mol. The lowest BCUT2D eigenvalue weighted by molar-refractivity contribution is 0.0655. The third kappa shape index (κ3) is 3.33. The Bertz CT molecular complexity index is 590. The number of piperazine rings is 1. The molecule has 1 fully saturated rings. The van der Waals surface area contributed by atoms with Gasteiger partial charge in [0.1, 0.15) is 5.82 Å². The number of imidazole rings is 1.